The molecular weight excluding hydrogens is 336 g/mol. The van der Waals surface area contributed by atoms with Crippen molar-refractivity contribution < 1.29 is 5.11 Å². The number of phenols is 1. The predicted molar refractivity (Wildman–Crippen MR) is 107 cm³/mol. The zero-order valence-corrected chi connectivity index (χ0v) is 15.2. The summed E-state index contributed by atoms with van der Waals surface area (Å²) in [5, 5.41) is 15.3. The first-order valence-electron chi connectivity index (χ1n) is 8.80. The van der Waals surface area contributed by atoms with Crippen LogP contribution in [-0.2, 0) is 0 Å². The summed E-state index contributed by atoms with van der Waals surface area (Å²) in [5.41, 5.74) is 4.21. The molecule has 4 aromatic rings. The van der Waals surface area contributed by atoms with Gasteiger partial charge in [0.05, 0.1) is 6.04 Å². The normalized spacial score (nSPS) is 12.1. The number of aromatic hydroxyl groups is 1. The smallest absolute Gasteiger partial charge is 0.147 e. The second-order valence-electron chi connectivity index (χ2n) is 6.61. The number of nitrogens with one attached hydrogen (secondary N) is 1. The quantitative estimate of drug-likeness (QED) is 0.561. The molecule has 1 atom stereocenters. The van der Waals surface area contributed by atoms with Gasteiger partial charge in [0.2, 0.25) is 0 Å². The van der Waals surface area contributed by atoms with Gasteiger partial charge in [-0.1, -0.05) is 30.3 Å². The lowest BCUT2D eigenvalue weighted by Crippen LogP contribution is -2.14. The van der Waals surface area contributed by atoms with E-state index in [2.05, 4.69) is 20.3 Å². The molecule has 2 N–H and O–H groups in total. The first-order valence-corrected chi connectivity index (χ1v) is 8.80. The summed E-state index contributed by atoms with van der Waals surface area (Å²) in [7, 11) is 0. The van der Waals surface area contributed by atoms with Crippen LogP contribution in [0.2, 0.25) is 0 Å². The highest BCUT2D eigenvalue weighted by Gasteiger charge is 2.20. The van der Waals surface area contributed by atoms with Gasteiger partial charge in [0, 0.05) is 35.2 Å². The van der Waals surface area contributed by atoms with E-state index >= 15 is 0 Å². The van der Waals surface area contributed by atoms with E-state index in [1.54, 1.807) is 12.4 Å². The molecule has 0 aliphatic carbocycles. The van der Waals surface area contributed by atoms with Crippen molar-refractivity contribution in [2.75, 3.05) is 5.32 Å². The monoisotopic (exact) mass is 356 g/mol. The molecule has 134 valence electrons. The van der Waals surface area contributed by atoms with Crippen molar-refractivity contribution >= 4 is 16.7 Å². The van der Waals surface area contributed by atoms with Crippen molar-refractivity contribution in [3.05, 3.63) is 89.5 Å². The average molecular weight is 356 g/mol. The van der Waals surface area contributed by atoms with Crippen LogP contribution in [0.3, 0.4) is 0 Å². The SMILES string of the molecule is Cc1ccc(NC(c2cccnc2)c2ccc3ccc(C)nc3c2O)nc1. The molecule has 0 radical (unpaired) electrons. The first-order chi connectivity index (χ1) is 13.1. The molecule has 27 heavy (non-hydrogen) atoms. The molecule has 5 heteroatoms. The van der Waals surface area contributed by atoms with Gasteiger partial charge in [-0.3, -0.25) is 4.98 Å². The molecule has 1 unspecified atom stereocenters. The van der Waals surface area contributed by atoms with Crippen LogP contribution >= 0.6 is 0 Å². The summed E-state index contributed by atoms with van der Waals surface area (Å²) in [6.45, 7) is 3.91. The van der Waals surface area contributed by atoms with E-state index in [1.165, 1.54) is 0 Å². The number of benzene rings is 1. The molecule has 4 rings (SSSR count). The maximum Gasteiger partial charge on any atom is 0.147 e. The van der Waals surface area contributed by atoms with Gasteiger partial charge < -0.3 is 10.4 Å². The van der Waals surface area contributed by atoms with Gasteiger partial charge in [0.15, 0.2) is 0 Å². The summed E-state index contributed by atoms with van der Waals surface area (Å²) in [4.78, 5) is 13.2. The third-order valence-corrected chi connectivity index (χ3v) is 4.54. The highest BCUT2D eigenvalue weighted by Crippen LogP contribution is 2.36. The number of aryl methyl sites for hydroxylation is 2. The Morgan fingerprint density at radius 3 is 2.56 bits per heavy atom. The van der Waals surface area contributed by atoms with Crippen LogP contribution < -0.4 is 5.32 Å². The molecule has 0 bridgehead atoms. The molecule has 1 aromatic carbocycles. The highest BCUT2D eigenvalue weighted by molar-refractivity contribution is 5.86. The van der Waals surface area contributed by atoms with E-state index in [9.17, 15) is 5.11 Å². The Morgan fingerprint density at radius 1 is 0.963 bits per heavy atom. The average Bonchev–Trinajstić information content (AvgIpc) is 2.69. The van der Waals surface area contributed by atoms with Crippen molar-refractivity contribution in [1.29, 1.82) is 0 Å². The Morgan fingerprint density at radius 2 is 1.81 bits per heavy atom. The van der Waals surface area contributed by atoms with E-state index in [-0.39, 0.29) is 11.8 Å². The van der Waals surface area contributed by atoms with Crippen LogP contribution in [0.25, 0.3) is 10.9 Å². The molecule has 0 aliphatic rings. The number of rotatable bonds is 4. The third-order valence-electron chi connectivity index (χ3n) is 4.54. The molecule has 0 spiro atoms. The molecule has 0 saturated heterocycles. The second kappa shape index (κ2) is 7.03. The van der Waals surface area contributed by atoms with E-state index in [0.717, 1.165) is 33.6 Å². The fourth-order valence-corrected chi connectivity index (χ4v) is 3.11. The second-order valence-corrected chi connectivity index (χ2v) is 6.61. The van der Waals surface area contributed by atoms with Crippen LogP contribution in [0, 0.1) is 13.8 Å². The van der Waals surface area contributed by atoms with Crippen LogP contribution in [0.1, 0.15) is 28.4 Å². The van der Waals surface area contributed by atoms with Gasteiger partial charge in [-0.15, -0.1) is 0 Å². The van der Waals surface area contributed by atoms with E-state index in [1.807, 2.05) is 68.6 Å². The fourth-order valence-electron chi connectivity index (χ4n) is 3.11. The van der Waals surface area contributed by atoms with Crippen LogP contribution in [0.15, 0.2) is 67.1 Å². The molecule has 0 aliphatic heterocycles. The lowest BCUT2D eigenvalue weighted by molar-refractivity contribution is 0.471. The summed E-state index contributed by atoms with van der Waals surface area (Å²) in [6.07, 6.45) is 5.34. The Bertz CT molecular complexity index is 1080. The van der Waals surface area contributed by atoms with Gasteiger partial charge >= 0.3 is 0 Å². The number of hydrogen-bond acceptors (Lipinski definition) is 5. The summed E-state index contributed by atoms with van der Waals surface area (Å²) >= 11 is 0. The first kappa shape index (κ1) is 17.0. The minimum atomic E-state index is -0.305. The van der Waals surface area contributed by atoms with Crippen molar-refractivity contribution in [2.24, 2.45) is 0 Å². The van der Waals surface area contributed by atoms with Gasteiger partial charge in [-0.05, 0) is 43.2 Å². The van der Waals surface area contributed by atoms with Gasteiger partial charge in [0.25, 0.3) is 0 Å². The summed E-state index contributed by atoms with van der Waals surface area (Å²) in [5.74, 6) is 0.899. The Balaban J connectivity index is 1.84. The molecule has 0 fully saturated rings. The zero-order valence-electron chi connectivity index (χ0n) is 15.2. The highest BCUT2D eigenvalue weighted by atomic mass is 16.3. The number of anilines is 1. The molecular formula is C22H20N4O. The van der Waals surface area contributed by atoms with Crippen molar-refractivity contribution in [3.8, 4) is 5.75 Å². The number of fused-ring (bicyclic) bond motifs is 1. The van der Waals surface area contributed by atoms with Crippen LogP contribution in [0.5, 0.6) is 5.75 Å². The van der Waals surface area contributed by atoms with Crippen molar-refractivity contribution in [2.45, 2.75) is 19.9 Å². The Labute approximate surface area is 157 Å². The number of nitrogens with zero attached hydrogens (tertiary/aromatic N) is 3. The van der Waals surface area contributed by atoms with E-state index < -0.39 is 0 Å². The van der Waals surface area contributed by atoms with Gasteiger partial charge in [-0.2, -0.15) is 0 Å². The topological polar surface area (TPSA) is 70.9 Å². The molecule has 3 heterocycles. The standard InChI is InChI=1S/C22H20N4O/c1-14-5-10-19(24-12-14)26-20(17-4-3-11-23-13-17)18-9-8-16-7-6-15(2)25-21(16)22(18)27/h3-13,20,27H,1-2H3,(H,24,26). The number of hydrogen-bond donors (Lipinski definition) is 2. The maximum absolute atomic E-state index is 11.0. The number of phenolic OH excluding ortho intramolecular Hbond substituents is 1. The number of pyridine rings is 3. The van der Waals surface area contributed by atoms with Gasteiger partial charge in [-0.25, -0.2) is 9.97 Å². The lowest BCUT2D eigenvalue weighted by atomic mass is 9.97. The number of aromatic nitrogens is 3. The summed E-state index contributed by atoms with van der Waals surface area (Å²) < 4.78 is 0. The summed E-state index contributed by atoms with van der Waals surface area (Å²) in [6, 6.07) is 15.3. The molecule has 0 amide bonds. The van der Waals surface area contributed by atoms with Crippen molar-refractivity contribution in [1.82, 2.24) is 15.0 Å². The van der Waals surface area contributed by atoms with Gasteiger partial charge in [0.1, 0.15) is 17.1 Å². The fraction of sp³-hybridized carbons (Fsp3) is 0.136. The predicted octanol–water partition coefficient (Wildman–Crippen LogP) is 4.55. The molecule has 3 aromatic heterocycles. The molecule has 0 saturated carbocycles. The zero-order chi connectivity index (χ0) is 18.8. The van der Waals surface area contributed by atoms with E-state index in [0.29, 0.717) is 5.52 Å². The third kappa shape index (κ3) is 3.44. The lowest BCUT2D eigenvalue weighted by Gasteiger charge is -2.21. The minimum Gasteiger partial charge on any atom is -0.505 e. The minimum absolute atomic E-state index is 0.171. The van der Waals surface area contributed by atoms with E-state index in [4.69, 9.17) is 0 Å². The van der Waals surface area contributed by atoms with Crippen LogP contribution in [0.4, 0.5) is 5.82 Å². The molecule has 5 nitrogen and oxygen atoms in total. The maximum atomic E-state index is 11.0. The van der Waals surface area contributed by atoms with Crippen LogP contribution in [-0.4, -0.2) is 20.1 Å². The Hall–Kier alpha value is -3.47. The largest absolute Gasteiger partial charge is 0.505 e. The van der Waals surface area contributed by atoms with Crippen molar-refractivity contribution in [3.63, 3.8) is 0 Å². The Kier molecular flexibility index (Phi) is 4.42.